The fourth-order valence-corrected chi connectivity index (χ4v) is 3.98. The van der Waals surface area contributed by atoms with Gasteiger partial charge in [0.1, 0.15) is 11.1 Å². The van der Waals surface area contributed by atoms with Crippen LogP contribution in [0.1, 0.15) is 31.2 Å². The number of nitrogens with one attached hydrogen (secondary N) is 2. The number of amides is 1. The van der Waals surface area contributed by atoms with E-state index in [2.05, 4.69) is 20.4 Å². The third-order valence-corrected chi connectivity index (χ3v) is 5.64. The summed E-state index contributed by atoms with van der Waals surface area (Å²) in [5, 5.41) is 7.51. The zero-order valence-corrected chi connectivity index (χ0v) is 17.9. The Morgan fingerprint density at radius 3 is 2.79 bits per heavy atom. The van der Waals surface area contributed by atoms with Crippen molar-refractivity contribution in [2.24, 2.45) is 0 Å². The molecule has 0 atom stereocenters. The summed E-state index contributed by atoms with van der Waals surface area (Å²) in [5.74, 6) is 0.602. The fourth-order valence-electron chi connectivity index (χ4n) is 3.98. The largest absolute Gasteiger partial charge is 0.490 e. The molecule has 2 heterocycles. The second-order valence-corrected chi connectivity index (χ2v) is 7.99. The average molecular weight is 441 g/mol. The minimum absolute atomic E-state index is 0.234. The fraction of sp³-hybridized carbons (Fsp3) is 0.200. The average Bonchev–Trinajstić information content (AvgIpc) is 3.49. The van der Waals surface area contributed by atoms with Crippen LogP contribution in [-0.4, -0.2) is 31.8 Å². The van der Waals surface area contributed by atoms with Gasteiger partial charge in [0.15, 0.2) is 5.65 Å². The van der Waals surface area contributed by atoms with Gasteiger partial charge in [0.05, 0.1) is 24.3 Å². The Labute approximate surface area is 189 Å². The predicted molar refractivity (Wildman–Crippen MR) is 126 cm³/mol. The smallest absolute Gasteiger partial charge is 0.261 e. The first-order chi connectivity index (χ1) is 16.2. The molecule has 8 heteroatoms. The Morgan fingerprint density at radius 2 is 1.97 bits per heavy atom. The third kappa shape index (κ3) is 4.69. The second-order valence-electron chi connectivity index (χ2n) is 7.99. The van der Waals surface area contributed by atoms with Crippen LogP contribution in [0.5, 0.6) is 5.75 Å². The van der Waals surface area contributed by atoms with Crippen LogP contribution in [0.25, 0.3) is 22.8 Å². The summed E-state index contributed by atoms with van der Waals surface area (Å²) < 4.78 is 7.61. The van der Waals surface area contributed by atoms with Crippen molar-refractivity contribution in [2.45, 2.75) is 31.8 Å². The highest BCUT2D eigenvalue weighted by molar-refractivity contribution is 6.02. The highest BCUT2D eigenvalue weighted by Crippen LogP contribution is 2.25. The highest BCUT2D eigenvalue weighted by atomic mass is 16.5. The molecule has 8 nitrogen and oxygen atoms in total. The van der Waals surface area contributed by atoms with E-state index in [9.17, 15) is 9.59 Å². The van der Waals surface area contributed by atoms with Gasteiger partial charge in [-0.05, 0) is 73.7 Å². The number of carbonyl (C=O) groups excluding carboxylic acids is 1. The lowest BCUT2D eigenvalue weighted by Crippen LogP contribution is -2.10. The molecular formula is C25H23N5O3. The number of fused-ring (bicyclic) bond motifs is 1. The van der Waals surface area contributed by atoms with E-state index < -0.39 is 0 Å². The Morgan fingerprint density at radius 1 is 1.15 bits per heavy atom. The van der Waals surface area contributed by atoms with Crippen LogP contribution in [0.4, 0.5) is 5.69 Å². The van der Waals surface area contributed by atoms with Gasteiger partial charge in [0.2, 0.25) is 5.91 Å². The van der Waals surface area contributed by atoms with E-state index in [0.29, 0.717) is 22.8 Å². The van der Waals surface area contributed by atoms with E-state index >= 15 is 0 Å². The molecule has 1 fully saturated rings. The number of aromatic nitrogens is 4. The maximum atomic E-state index is 12.4. The first-order valence-electron chi connectivity index (χ1n) is 10.9. The Hall–Kier alpha value is -4.20. The van der Waals surface area contributed by atoms with Crippen molar-refractivity contribution in [3.63, 3.8) is 0 Å². The Bertz CT molecular complexity index is 1360. The molecule has 4 aromatic rings. The van der Waals surface area contributed by atoms with Crippen molar-refractivity contribution < 1.29 is 9.53 Å². The number of H-pyrrole nitrogens is 1. The zero-order chi connectivity index (χ0) is 22.6. The summed E-state index contributed by atoms with van der Waals surface area (Å²) in [6, 6.07) is 14.9. The van der Waals surface area contributed by atoms with Crippen LogP contribution in [0, 0.1) is 0 Å². The number of rotatable bonds is 6. The molecule has 1 aliphatic rings. The van der Waals surface area contributed by atoms with Gasteiger partial charge in [-0.15, -0.1) is 0 Å². The minimum Gasteiger partial charge on any atom is -0.490 e. The summed E-state index contributed by atoms with van der Waals surface area (Å²) in [7, 11) is 0. The molecule has 0 aliphatic heterocycles. The molecular weight excluding hydrogens is 418 g/mol. The first kappa shape index (κ1) is 20.7. The maximum Gasteiger partial charge on any atom is 0.261 e. The standard InChI is InChI=1S/C25H23N5O3/c31-23(13-8-17-4-3-7-21(14-17)33-20-5-1-2-6-20)29-18-9-11-19(12-10-18)30-24-22(15-28-30)25(32)27-16-26-24/h3-4,7-16,20H,1-2,5-6H2,(H,29,31)(H,26,27,32)/b13-8+. The quantitative estimate of drug-likeness (QED) is 0.439. The number of nitrogens with zero attached hydrogens (tertiary/aromatic N) is 3. The van der Waals surface area contributed by atoms with Gasteiger partial charge < -0.3 is 15.0 Å². The van der Waals surface area contributed by atoms with Crippen molar-refractivity contribution >= 4 is 28.7 Å². The molecule has 2 N–H and O–H groups in total. The molecule has 0 bridgehead atoms. The van der Waals surface area contributed by atoms with E-state index in [1.165, 1.54) is 31.4 Å². The molecule has 0 spiro atoms. The van der Waals surface area contributed by atoms with Crippen LogP contribution < -0.4 is 15.6 Å². The number of aromatic amines is 1. The summed E-state index contributed by atoms with van der Waals surface area (Å²) >= 11 is 0. The lowest BCUT2D eigenvalue weighted by molar-refractivity contribution is -0.111. The molecule has 0 saturated heterocycles. The monoisotopic (exact) mass is 441 g/mol. The van der Waals surface area contributed by atoms with Crippen molar-refractivity contribution in [1.29, 1.82) is 0 Å². The van der Waals surface area contributed by atoms with E-state index in [0.717, 1.165) is 29.8 Å². The molecule has 166 valence electrons. The van der Waals surface area contributed by atoms with Crippen molar-refractivity contribution in [3.8, 4) is 11.4 Å². The van der Waals surface area contributed by atoms with Crippen molar-refractivity contribution in [1.82, 2.24) is 19.7 Å². The molecule has 5 rings (SSSR count). The van der Waals surface area contributed by atoms with Gasteiger partial charge >= 0.3 is 0 Å². The molecule has 1 aliphatic carbocycles. The minimum atomic E-state index is -0.238. The van der Waals surface area contributed by atoms with E-state index in [-0.39, 0.29) is 11.5 Å². The number of ether oxygens (including phenoxy) is 1. The summed E-state index contributed by atoms with van der Waals surface area (Å²) in [4.78, 5) is 31.0. The number of hydrogen-bond donors (Lipinski definition) is 2. The second kappa shape index (κ2) is 9.12. The summed E-state index contributed by atoms with van der Waals surface area (Å²) in [6.45, 7) is 0. The van der Waals surface area contributed by atoms with Crippen LogP contribution in [0.2, 0.25) is 0 Å². The molecule has 0 radical (unpaired) electrons. The number of hydrogen-bond acceptors (Lipinski definition) is 5. The van der Waals surface area contributed by atoms with Crippen LogP contribution in [-0.2, 0) is 4.79 Å². The first-order valence-corrected chi connectivity index (χ1v) is 10.9. The lowest BCUT2D eigenvalue weighted by Gasteiger charge is -2.13. The molecule has 2 aromatic carbocycles. The zero-order valence-electron chi connectivity index (χ0n) is 17.9. The van der Waals surface area contributed by atoms with Crippen LogP contribution in [0.15, 0.2) is 71.9 Å². The van der Waals surface area contributed by atoms with Gasteiger partial charge in [0, 0.05) is 11.8 Å². The molecule has 1 saturated carbocycles. The van der Waals surface area contributed by atoms with Crippen LogP contribution in [0.3, 0.4) is 0 Å². The summed E-state index contributed by atoms with van der Waals surface area (Å²) in [5.41, 5.74) is 2.52. The van der Waals surface area contributed by atoms with Gasteiger partial charge in [-0.1, -0.05) is 12.1 Å². The maximum absolute atomic E-state index is 12.4. The van der Waals surface area contributed by atoms with E-state index in [4.69, 9.17) is 4.74 Å². The molecule has 33 heavy (non-hydrogen) atoms. The van der Waals surface area contributed by atoms with Gasteiger partial charge in [-0.25, -0.2) is 9.67 Å². The van der Waals surface area contributed by atoms with Gasteiger partial charge in [0.25, 0.3) is 5.56 Å². The summed E-state index contributed by atoms with van der Waals surface area (Å²) in [6.07, 6.45) is 11.0. The van der Waals surface area contributed by atoms with Crippen molar-refractivity contribution in [3.05, 3.63) is 83.0 Å². The van der Waals surface area contributed by atoms with Gasteiger partial charge in [-0.3, -0.25) is 9.59 Å². The lowest BCUT2D eigenvalue weighted by atomic mass is 10.2. The number of benzene rings is 2. The Balaban J connectivity index is 1.23. The van der Waals surface area contributed by atoms with E-state index in [1.807, 2.05) is 24.3 Å². The predicted octanol–water partition coefficient (Wildman–Crippen LogP) is 4.08. The molecule has 1 amide bonds. The van der Waals surface area contributed by atoms with E-state index in [1.54, 1.807) is 35.0 Å². The van der Waals surface area contributed by atoms with Crippen LogP contribution >= 0.6 is 0 Å². The molecule has 2 aromatic heterocycles. The highest BCUT2D eigenvalue weighted by Gasteiger charge is 2.16. The SMILES string of the molecule is O=C(/C=C/c1cccc(OC2CCCC2)c1)Nc1ccc(-n2ncc3c(=O)[nH]cnc32)cc1. The third-order valence-electron chi connectivity index (χ3n) is 5.64. The topological polar surface area (TPSA) is 102 Å². The number of carbonyl (C=O) groups is 1. The van der Waals surface area contributed by atoms with Gasteiger partial charge in [-0.2, -0.15) is 5.10 Å². The Kier molecular flexibility index (Phi) is 5.72. The normalized spacial score (nSPS) is 14.2. The number of anilines is 1. The molecule has 0 unspecified atom stereocenters. The van der Waals surface area contributed by atoms with Crippen molar-refractivity contribution in [2.75, 3.05) is 5.32 Å².